The second kappa shape index (κ2) is 8.57. The average molecular weight is 286 g/mol. The zero-order chi connectivity index (χ0) is 14.9. The monoisotopic (exact) mass is 286 g/mol. The van der Waals surface area contributed by atoms with Gasteiger partial charge in [0.05, 0.1) is 6.33 Å². The molecule has 0 aliphatic rings. The van der Waals surface area contributed by atoms with E-state index in [1.165, 1.54) is 24.1 Å². The Labute approximate surface area is 127 Å². The van der Waals surface area contributed by atoms with Crippen LogP contribution in [0.3, 0.4) is 0 Å². The maximum Gasteiger partial charge on any atom is 0.0948 e. The molecule has 2 aromatic heterocycles. The van der Waals surface area contributed by atoms with Gasteiger partial charge in [0.15, 0.2) is 0 Å². The minimum absolute atomic E-state index is 0.635. The van der Waals surface area contributed by atoms with E-state index in [9.17, 15) is 0 Å². The molecule has 2 aromatic rings. The SMILES string of the molecule is CCC(CC)c1cncn1CCCNCc1cccnc1. The Bertz CT molecular complexity index is 503. The number of nitrogens with zero attached hydrogens (tertiary/aromatic N) is 3. The first kappa shape index (κ1) is 15.7. The predicted molar refractivity (Wildman–Crippen MR) is 86.1 cm³/mol. The van der Waals surface area contributed by atoms with Crippen molar-refractivity contribution in [2.24, 2.45) is 0 Å². The number of hydrogen-bond donors (Lipinski definition) is 1. The lowest BCUT2D eigenvalue weighted by Gasteiger charge is -2.15. The third-order valence-electron chi connectivity index (χ3n) is 3.95. The number of nitrogens with one attached hydrogen (secondary N) is 1. The van der Waals surface area contributed by atoms with Crippen molar-refractivity contribution in [2.45, 2.75) is 52.1 Å². The summed E-state index contributed by atoms with van der Waals surface area (Å²) >= 11 is 0. The van der Waals surface area contributed by atoms with E-state index in [-0.39, 0.29) is 0 Å². The molecule has 0 aromatic carbocycles. The second-order valence-corrected chi connectivity index (χ2v) is 5.42. The Morgan fingerprint density at radius 3 is 2.76 bits per heavy atom. The quantitative estimate of drug-likeness (QED) is 0.719. The van der Waals surface area contributed by atoms with Gasteiger partial charge in [-0.1, -0.05) is 19.9 Å². The first-order chi connectivity index (χ1) is 10.3. The molecular formula is C17H26N4. The highest BCUT2D eigenvalue weighted by Crippen LogP contribution is 2.22. The summed E-state index contributed by atoms with van der Waals surface area (Å²) < 4.78 is 2.31. The summed E-state index contributed by atoms with van der Waals surface area (Å²) in [6.07, 6.45) is 11.2. The molecule has 4 heteroatoms. The highest BCUT2D eigenvalue weighted by atomic mass is 15.0. The Kier molecular flexibility index (Phi) is 6.41. The summed E-state index contributed by atoms with van der Waals surface area (Å²) in [6.45, 7) is 7.43. The highest BCUT2D eigenvalue weighted by Gasteiger charge is 2.11. The van der Waals surface area contributed by atoms with E-state index in [0.717, 1.165) is 26.1 Å². The molecule has 1 N–H and O–H groups in total. The molecule has 0 saturated heterocycles. The summed E-state index contributed by atoms with van der Waals surface area (Å²) in [6, 6.07) is 4.07. The van der Waals surface area contributed by atoms with E-state index in [4.69, 9.17) is 0 Å². The molecule has 2 rings (SSSR count). The van der Waals surface area contributed by atoms with Crippen molar-refractivity contribution in [3.8, 4) is 0 Å². The minimum Gasteiger partial charge on any atom is -0.334 e. The largest absolute Gasteiger partial charge is 0.334 e. The van der Waals surface area contributed by atoms with Crippen LogP contribution >= 0.6 is 0 Å². The van der Waals surface area contributed by atoms with Crippen LogP contribution in [0.25, 0.3) is 0 Å². The molecule has 0 aliphatic carbocycles. The second-order valence-electron chi connectivity index (χ2n) is 5.42. The minimum atomic E-state index is 0.635. The molecule has 0 fully saturated rings. The van der Waals surface area contributed by atoms with Crippen LogP contribution in [0.1, 0.15) is 50.3 Å². The van der Waals surface area contributed by atoms with Crippen LogP contribution in [0.5, 0.6) is 0 Å². The van der Waals surface area contributed by atoms with Crippen molar-refractivity contribution in [3.05, 3.63) is 48.3 Å². The van der Waals surface area contributed by atoms with Gasteiger partial charge in [-0.15, -0.1) is 0 Å². The molecule has 4 nitrogen and oxygen atoms in total. The lowest BCUT2D eigenvalue weighted by Crippen LogP contribution is -2.17. The van der Waals surface area contributed by atoms with Crippen molar-refractivity contribution in [1.82, 2.24) is 19.9 Å². The fourth-order valence-electron chi connectivity index (χ4n) is 2.67. The van der Waals surface area contributed by atoms with Crippen LogP contribution in [0.4, 0.5) is 0 Å². The summed E-state index contributed by atoms with van der Waals surface area (Å²) in [5.41, 5.74) is 2.62. The molecule has 0 radical (unpaired) electrons. The third-order valence-corrected chi connectivity index (χ3v) is 3.95. The van der Waals surface area contributed by atoms with E-state index in [1.54, 1.807) is 0 Å². The number of aryl methyl sites for hydroxylation is 1. The predicted octanol–water partition coefficient (Wildman–Crippen LogP) is 3.36. The number of hydrogen-bond acceptors (Lipinski definition) is 3. The van der Waals surface area contributed by atoms with E-state index in [2.05, 4.69) is 39.8 Å². The summed E-state index contributed by atoms with van der Waals surface area (Å²) in [4.78, 5) is 8.44. The topological polar surface area (TPSA) is 42.7 Å². The molecular weight excluding hydrogens is 260 g/mol. The first-order valence-electron chi connectivity index (χ1n) is 7.94. The zero-order valence-corrected chi connectivity index (χ0v) is 13.1. The lowest BCUT2D eigenvalue weighted by molar-refractivity contribution is 0.530. The smallest absolute Gasteiger partial charge is 0.0948 e. The van der Waals surface area contributed by atoms with Crippen LogP contribution in [0.15, 0.2) is 37.1 Å². The number of rotatable bonds is 9. The van der Waals surface area contributed by atoms with Gasteiger partial charge in [0.1, 0.15) is 0 Å². The molecule has 114 valence electrons. The van der Waals surface area contributed by atoms with Gasteiger partial charge >= 0.3 is 0 Å². The Hall–Kier alpha value is -1.68. The van der Waals surface area contributed by atoms with Gasteiger partial charge in [0.25, 0.3) is 0 Å². The number of aromatic nitrogens is 3. The van der Waals surface area contributed by atoms with Crippen LogP contribution < -0.4 is 5.32 Å². The number of imidazole rings is 1. The van der Waals surface area contributed by atoms with Gasteiger partial charge in [-0.05, 0) is 37.4 Å². The Balaban J connectivity index is 1.73. The van der Waals surface area contributed by atoms with Crippen molar-refractivity contribution < 1.29 is 0 Å². The highest BCUT2D eigenvalue weighted by molar-refractivity contribution is 5.08. The van der Waals surface area contributed by atoms with Crippen LogP contribution in [-0.2, 0) is 13.1 Å². The standard InChI is InChI=1S/C17H26N4/c1-3-16(4-2)17-13-20-14-21(17)10-6-9-19-12-15-7-5-8-18-11-15/h5,7-8,11,13-14,16,19H,3-4,6,9-10,12H2,1-2H3. The molecule has 0 atom stereocenters. The maximum atomic E-state index is 4.32. The first-order valence-corrected chi connectivity index (χ1v) is 7.94. The molecule has 0 saturated carbocycles. The maximum absolute atomic E-state index is 4.32. The van der Waals surface area contributed by atoms with Gasteiger partial charge in [0, 0.05) is 43.3 Å². The Morgan fingerprint density at radius 1 is 1.19 bits per heavy atom. The molecule has 0 spiro atoms. The summed E-state index contributed by atoms with van der Waals surface area (Å²) in [5, 5.41) is 3.47. The van der Waals surface area contributed by atoms with Crippen molar-refractivity contribution in [1.29, 1.82) is 0 Å². The van der Waals surface area contributed by atoms with Gasteiger partial charge in [-0.3, -0.25) is 4.98 Å². The molecule has 0 unspecified atom stereocenters. The van der Waals surface area contributed by atoms with Gasteiger partial charge < -0.3 is 9.88 Å². The molecule has 0 aliphatic heterocycles. The lowest BCUT2D eigenvalue weighted by atomic mass is 10.00. The summed E-state index contributed by atoms with van der Waals surface area (Å²) in [7, 11) is 0. The average Bonchev–Trinajstić information content (AvgIpc) is 2.98. The molecule has 21 heavy (non-hydrogen) atoms. The Morgan fingerprint density at radius 2 is 2.05 bits per heavy atom. The fraction of sp³-hybridized carbons (Fsp3) is 0.529. The van der Waals surface area contributed by atoms with Crippen molar-refractivity contribution >= 4 is 0 Å². The van der Waals surface area contributed by atoms with Crippen molar-refractivity contribution in [2.75, 3.05) is 6.54 Å². The third kappa shape index (κ3) is 4.67. The zero-order valence-electron chi connectivity index (χ0n) is 13.1. The van der Waals surface area contributed by atoms with E-state index < -0.39 is 0 Å². The summed E-state index contributed by atoms with van der Waals surface area (Å²) in [5.74, 6) is 0.635. The molecule has 0 bridgehead atoms. The normalized spacial score (nSPS) is 11.2. The van der Waals surface area contributed by atoms with Crippen LogP contribution in [0, 0.1) is 0 Å². The van der Waals surface area contributed by atoms with E-state index in [1.807, 2.05) is 31.0 Å². The van der Waals surface area contributed by atoms with Crippen molar-refractivity contribution in [3.63, 3.8) is 0 Å². The van der Waals surface area contributed by atoms with Gasteiger partial charge in [0.2, 0.25) is 0 Å². The van der Waals surface area contributed by atoms with E-state index >= 15 is 0 Å². The fourth-order valence-corrected chi connectivity index (χ4v) is 2.67. The van der Waals surface area contributed by atoms with E-state index in [0.29, 0.717) is 5.92 Å². The van der Waals surface area contributed by atoms with Crippen LogP contribution in [0.2, 0.25) is 0 Å². The van der Waals surface area contributed by atoms with Crippen LogP contribution in [-0.4, -0.2) is 21.1 Å². The van der Waals surface area contributed by atoms with Gasteiger partial charge in [-0.2, -0.15) is 0 Å². The number of pyridine rings is 1. The van der Waals surface area contributed by atoms with Gasteiger partial charge in [-0.25, -0.2) is 4.98 Å². The molecule has 0 amide bonds. The molecule has 2 heterocycles.